The number of sulfonamides is 1. The predicted octanol–water partition coefficient (Wildman–Crippen LogP) is -0.374. The second-order valence-corrected chi connectivity index (χ2v) is 7.10. The van der Waals surface area contributed by atoms with Gasteiger partial charge in [-0.3, -0.25) is 9.78 Å². The van der Waals surface area contributed by atoms with Gasteiger partial charge in [-0.15, -0.1) is 0 Å². The van der Waals surface area contributed by atoms with Crippen molar-refractivity contribution in [1.82, 2.24) is 14.3 Å². The number of nitrogens with one attached hydrogen (secondary N) is 2. The molecule has 0 amide bonds. The van der Waals surface area contributed by atoms with Gasteiger partial charge in [-0.1, -0.05) is 0 Å². The van der Waals surface area contributed by atoms with Crippen LogP contribution in [-0.4, -0.2) is 48.5 Å². The highest BCUT2D eigenvalue weighted by atomic mass is 32.2. The molecular formula is C13H15N3O5S. The van der Waals surface area contributed by atoms with E-state index in [9.17, 15) is 18.0 Å². The van der Waals surface area contributed by atoms with E-state index in [1.807, 2.05) is 0 Å². The predicted molar refractivity (Wildman–Crippen MR) is 79.4 cm³/mol. The number of rotatable bonds is 2. The molecule has 1 fully saturated rings. The van der Waals surface area contributed by atoms with Gasteiger partial charge in [-0.25, -0.2) is 13.2 Å². The van der Waals surface area contributed by atoms with E-state index in [4.69, 9.17) is 4.74 Å². The van der Waals surface area contributed by atoms with E-state index in [2.05, 4.69) is 9.97 Å². The fourth-order valence-electron chi connectivity index (χ4n) is 2.46. The van der Waals surface area contributed by atoms with Gasteiger partial charge in [0.2, 0.25) is 10.0 Å². The van der Waals surface area contributed by atoms with Crippen LogP contribution in [-0.2, 0) is 14.8 Å². The van der Waals surface area contributed by atoms with Crippen LogP contribution in [0.3, 0.4) is 0 Å². The first-order valence-corrected chi connectivity index (χ1v) is 8.20. The van der Waals surface area contributed by atoms with Crippen molar-refractivity contribution in [3.63, 3.8) is 0 Å². The Labute approximate surface area is 125 Å². The summed E-state index contributed by atoms with van der Waals surface area (Å²) in [5.74, 6) is 0. The first-order valence-electron chi connectivity index (χ1n) is 6.76. The molecule has 0 saturated carbocycles. The molecule has 0 spiro atoms. The van der Waals surface area contributed by atoms with Gasteiger partial charge >= 0.3 is 5.69 Å². The van der Waals surface area contributed by atoms with Crippen LogP contribution in [0.25, 0.3) is 10.9 Å². The Morgan fingerprint density at radius 2 is 2.05 bits per heavy atom. The monoisotopic (exact) mass is 325 g/mol. The van der Waals surface area contributed by atoms with Crippen molar-refractivity contribution < 1.29 is 13.2 Å². The quantitative estimate of drug-likeness (QED) is 0.782. The number of hydrogen-bond acceptors (Lipinski definition) is 5. The van der Waals surface area contributed by atoms with Gasteiger partial charge in [0.15, 0.2) is 0 Å². The SMILES string of the molecule is CC1CN(S(=O)(=O)c2ccc3[nH]c(=O)[nH]c(=O)c3c2)CCO1. The number of fused-ring (bicyclic) bond motifs is 1. The summed E-state index contributed by atoms with van der Waals surface area (Å²) >= 11 is 0. The summed E-state index contributed by atoms with van der Waals surface area (Å²) < 4.78 is 32.0. The van der Waals surface area contributed by atoms with Crippen molar-refractivity contribution in [2.45, 2.75) is 17.9 Å². The van der Waals surface area contributed by atoms with Crippen molar-refractivity contribution >= 4 is 20.9 Å². The lowest BCUT2D eigenvalue weighted by Crippen LogP contribution is -2.44. The van der Waals surface area contributed by atoms with Crippen molar-refractivity contribution in [3.8, 4) is 0 Å². The number of benzene rings is 1. The normalized spacial score (nSPS) is 20.3. The Morgan fingerprint density at radius 3 is 2.77 bits per heavy atom. The molecule has 9 heteroatoms. The molecule has 0 bridgehead atoms. The largest absolute Gasteiger partial charge is 0.376 e. The Hall–Kier alpha value is -1.97. The number of aromatic nitrogens is 2. The Morgan fingerprint density at radius 1 is 1.27 bits per heavy atom. The van der Waals surface area contributed by atoms with Crippen LogP contribution >= 0.6 is 0 Å². The summed E-state index contributed by atoms with van der Waals surface area (Å²) in [5, 5.41) is 0.127. The third kappa shape index (κ3) is 2.58. The first-order chi connectivity index (χ1) is 10.4. The molecule has 1 aromatic heterocycles. The van der Waals surface area contributed by atoms with Gasteiger partial charge < -0.3 is 9.72 Å². The zero-order valence-electron chi connectivity index (χ0n) is 11.8. The topological polar surface area (TPSA) is 112 Å². The Kier molecular flexibility index (Phi) is 3.63. The van der Waals surface area contributed by atoms with Gasteiger partial charge in [0, 0.05) is 13.1 Å². The summed E-state index contributed by atoms with van der Waals surface area (Å²) in [4.78, 5) is 27.6. The van der Waals surface area contributed by atoms with Crippen molar-refractivity contribution in [1.29, 1.82) is 0 Å². The number of H-pyrrole nitrogens is 2. The molecule has 2 aromatic rings. The lowest BCUT2D eigenvalue weighted by Gasteiger charge is -2.30. The molecule has 0 radical (unpaired) electrons. The van der Waals surface area contributed by atoms with Crippen LogP contribution in [0.1, 0.15) is 6.92 Å². The highest BCUT2D eigenvalue weighted by molar-refractivity contribution is 7.89. The molecule has 0 aliphatic carbocycles. The van der Waals surface area contributed by atoms with E-state index in [-0.39, 0.29) is 29.5 Å². The molecule has 1 aliphatic rings. The highest BCUT2D eigenvalue weighted by Gasteiger charge is 2.29. The van der Waals surface area contributed by atoms with Crippen molar-refractivity contribution in [2.75, 3.05) is 19.7 Å². The van der Waals surface area contributed by atoms with E-state index < -0.39 is 21.3 Å². The van der Waals surface area contributed by atoms with E-state index in [1.54, 1.807) is 6.92 Å². The van der Waals surface area contributed by atoms with Crippen LogP contribution < -0.4 is 11.2 Å². The van der Waals surface area contributed by atoms with Gasteiger partial charge in [0.25, 0.3) is 5.56 Å². The molecule has 1 saturated heterocycles. The number of nitrogens with zero attached hydrogens (tertiary/aromatic N) is 1. The molecular weight excluding hydrogens is 310 g/mol. The van der Waals surface area contributed by atoms with Crippen LogP contribution in [0.4, 0.5) is 0 Å². The lowest BCUT2D eigenvalue weighted by atomic mass is 10.2. The number of hydrogen-bond donors (Lipinski definition) is 2. The van der Waals surface area contributed by atoms with E-state index in [0.717, 1.165) is 0 Å². The highest BCUT2D eigenvalue weighted by Crippen LogP contribution is 2.20. The average Bonchev–Trinajstić information content (AvgIpc) is 2.46. The minimum atomic E-state index is -3.70. The molecule has 1 aromatic carbocycles. The molecule has 22 heavy (non-hydrogen) atoms. The second-order valence-electron chi connectivity index (χ2n) is 5.16. The van der Waals surface area contributed by atoms with Crippen LogP contribution in [0.5, 0.6) is 0 Å². The van der Waals surface area contributed by atoms with Crippen LogP contribution in [0.15, 0.2) is 32.7 Å². The molecule has 1 aliphatic heterocycles. The van der Waals surface area contributed by atoms with Gasteiger partial charge in [-0.2, -0.15) is 4.31 Å². The maximum Gasteiger partial charge on any atom is 0.326 e. The Bertz CT molecular complexity index is 931. The maximum absolute atomic E-state index is 12.6. The molecule has 1 unspecified atom stereocenters. The molecule has 2 heterocycles. The summed E-state index contributed by atoms with van der Waals surface area (Å²) in [5.41, 5.74) is -0.954. The van der Waals surface area contributed by atoms with E-state index in [0.29, 0.717) is 12.1 Å². The Balaban J connectivity index is 2.09. The van der Waals surface area contributed by atoms with Gasteiger partial charge in [-0.05, 0) is 25.1 Å². The van der Waals surface area contributed by atoms with Gasteiger partial charge in [0.1, 0.15) is 0 Å². The second kappa shape index (κ2) is 5.34. The van der Waals surface area contributed by atoms with E-state index in [1.165, 1.54) is 22.5 Å². The first kappa shape index (κ1) is 14.9. The van der Waals surface area contributed by atoms with E-state index >= 15 is 0 Å². The smallest absolute Gasteiger partial charge is 0.326 e. The van der Waals surface area contributed by atoms with Crippen LogP contribution in [0.2, 0.25) is 0 Å². The summed E-state index contributed by atoms with van der Waals surface area (Å²) in [6.07, 6.45) is -0.177. The number of aromatic amines is 2. The lowest BCUT2D eigenvalue weighted by molar-refractivity contribution is 0.0102. The fourth-order valence-corrected chi connectivity index (χ4v) is 3.98. The van der Waals surface area contributed by atoms with Crippen molar-refractivity contribution in [2.24, 2.45) is 0 Å². The molecule has 3 rings (SSSR count). The zero-order valence-corrected chi connectivity index (χ0v) is 12.6. The minimum Gasteiger partial charge on any atom is -0.376 e. The minimum absolute atomic E-state index is 0.0200. The number of morpholine rings is 1. The molecule has 8 nitrogen and oxygen atoms in total. The van der Waals surface area contributed by atoms with Gasteiger partial charge in [0.05, 0.1) is 28.5 Å². The summed E-state index contributed by atoms with van der Waals surface area (Å²) in [6, 6.07) is 4.08. The van der Waals surface area contributed by atoms with Crippen molar-refractivity contribution in [3.05, 3.63) is 39.0 Å². The summed E-state index contributed by atoms with van der Waals surface area (Å²) in [7, 11) is -3.70. The molecule has 118 valence electrons. The maximum atomic E-state index is 12.6. The molecule has 2 N–H and O–H groups in total. The van der Waals surface area contributed by atoms with Crippen LogP contribution in [0, 0.1) is 0 Å². The number of ether oxygens (including phenoxy) is 1. The standard InChI is InChI=1S/C13H15N3O5S/c1-8-7-16(4-5-21-8)22(19,20)9-2-3-11-10(6-9)12(17)15-13(18)14-11/h2-3,6,8H,4-5,7H2,1H3,(H2,14,15,17,18). The average molecular weight is 325 g/mol. The fraction of sp³-hybridized carbons (Fsp3) is 0.385. The zero-order chi connectivity index (χ0) is 15.9. The third-order valence-electron chi connectivity index (χ3n) is 3.55. The summed E-state index contributed by atoms with van der Waals surface area (Å²) in [6.45, 7) is 2.68. The molecule has 1 atom stereocenters. The third-order valence-corrected chi connectivity index (χ3v) is 5.41.